The molecule has 0 aliphatic carbocycles. The molecule has 0 aliphatic heterocycles. The molecule has 1 atom stereocenters. The fourth-order valence-electron chi connectivity index (χ4n) is 1.73. The number of methoxy groups -OCH3 is 1. The Balaban J connectivity index is 0.00000576. The van der Waals surface area contributed by atoms with Gasteiger partial charge in [-0.15, -0.1) is 35.3 Å². The van der Waals surface area contributed by atoms with Crippen molar-refractivity contribution in [3.8, 4) is 0 Å². The van der Waals surface area contributed by atoms with E-state index in [-0.39, 0.29) is 40.5 Å². The van der Waals surface area contributed by atoms with Gasteiger partial charge in [-0.25, -0.2) is 8.42 Å². The van der Waals surface area contributed by atoms with Crippen molar-refractivity contribution in [2.24, 2.45) is 4.99 Å². The van der Waals surface area contributed by atoms with Crippen LogP contribution >= 0.6 is 35.3 Å². The van der Waals surface area contributed by atoms with E-state index in [9.17, 15) is 13.5 Å². The van der Waals surface area contributed by atoms with Crippen LogP contribution in [0.25, 0.3) is 0 Å². The molecule has 25 heavy (non-hydrogen) atoms. The minimum atomic E-state index is -3.47. The fraction of sp³-hybridized carbons (Fsp3) is 0.667. The molecule has 0 fully saturated rings. The number of guanidine groups is 1. The average molecular weight is 505 g/mol. The topological polar surface area (TPSA) is 100 Å². The van der Waals surface area contributed by atoms with Gasteiger partial charge in [-0.3, -0.25) is 4.99 Å². The van der Waals surface area contributed by atoms with Crippen LogP contribution in [0.3, 0.4) is 0 Å². The largest absolute Gasteiger partial charge is 0.390 e. The van der Waals surface area contributed by atoms with Gasteiger partial charge in [0, 0.05) is 20.2 Å². The average Bonchev–Trinajstić information content (AvgIpc) is 3.05. The highest BCUT2D eigenvalue weighted by atomic mass is 127. The number of nitrogens with zero attached hydrogens (tertiary/aromatic N) is 1. The lowest BCUT2D eigenvalue weighted by Gasteiger charge is -2.21. The van der Waals surface area contributed by atoms with E-state index in [2.05, 4.69) is 15.6 Å². The maximum atomic E-state index is 12.1. The number of nitrogens with one attached hydrogen (secondary N) is 2. The number of aliphatic hydroxyl groups is 1. The van der Waals surface area contributed by atoms with E-state index in [1.54, 1.807) is 24.6 Å². The summed E-state index contributed by atoms with van der Waals surface area (Å²) < 4.78 is 29.8. The van der Waals surface area contributed by atoms with Gasteiger partial charge >= 0.3 is 0 Å². The van der Waals surface area contributed by atoms with E-state index < -0.39 is 21.5 Å². The van der Waals surface area contributed by atoms with Crippen LogP contribution in [0.2, 0.25) is 0 Å². The van der Waals surface area contributed by atoms with Crippen molar-refractivity contribution in [3.63, 3.8) is 0 Å². The Morgan fingerprint density at radius 2 is 2.12 bits per heavy atom. The molecule has 0 aromatic carbocycles. The highest BCUT2D eigenvalue weighted by molar-refractivity contribution is 14.0. The lowest BCUT2D eigenvalue weighted by molar-refractivity contribution is 0.0310. The highest BCUT2D eigenvalue weighted by Gasteiger charge is 2.21. The molecule has 0 bridgehead atoms. The normalized spacial score (nSPS) is 13.9. The summed E-state index contributed by atoms with van der Waals surface area (Å²) in [5.41, 5.74) is -0.399. The van der Waals surface area contributed by atoms with Crippen molar-refractivity contribution in [2.45, 2.75) is 36.7 Å². The number of ether oxygens (including phenoxy) is 1. The predicted molar refractivity (Wildman–Crippen MR) is 113 cm³/mol. The van der Waals surface area contributed by atoms with Gasteiger partial charge in [-0.2, -0.15) is 0 Å². The Labute approximate surface area is 171 Å². The Kier molecular flexibility index (Phi) is 11.1. The molecular formula is C15H28IN3O4S2. The minimum Gasteiger partial charge on any atom is -0.390 e. The third-order valence-electron chi connectivity index (χ3n) is 3.23. The SMILES string of the molecule is CCNC(=NCC(C)(C)OC)NCC(O)CS(=O)(=O)c1cccs1.I. The summed E-state index contributed by atoms with van der Waals surface area (Å²) in [6.07, 6.45) is -1.03. The second-order valence-electron chi connectivity index (χ2n) is 5.91. The summed E-state index contributed by atoms with van der Waals surface area (Å²) in [4.78, 5) is 4.39. The van der Waals surface area contributed by atoms with Crippen LogP contribution in [0.4, 0.5) is 0 Å². The number of aliphatic hydroxyl groups excluding tert-OH is 1. The Morgan fingerprint density at radius 1 is 1.44 bits per heavy atom. The van der Waals surface area contributed by atoms with Gasteiger partial charge in [0.25, 0.3) is 0 Å². The summed E-state index contributed by atoms with van der Waals surface area (Å²) in [5.74, 6) is 0.180. The smallest absolute Gasteiger partial charge is 0.191 e. The Hall–Kier alpha value is -0.430. The lowest BCUT2D eigenvalue weighted by Crippen LogP contribution is -2.43. The predicted octanol–water partition coefficient (Wildman–Crippen LogP) is 1.48. The minimum absolute atomic E-state index is 0. The molecule has 1 aromatic rings. The van der Waals surface area contributed by atoms with Crippen LogP contribution in [0.5, 0.6) is 0 Å². The molecule has 0 saturated carbocycles. The third kappa shape index (κ3) is 9.18. The molecular weight excluding hydrogens is 477 g/mol. The van der Waals surface area contributed by atoms with Gasteiger partial charge in [-0.05, 0) is 32.2 Å². The molecule has 0 spiro atoms. The standard InChI is InChI=1S/C15H27N3O4S2.HI/c1-5-16-14(18-11-15(2,3)22-4)17-9-12(19)10-24(20,21)13-7-6-8-23-13;/h6-8,12,19H,5,9-11H2,1-4H3,(H2,16,17,18);1H. The van der Waals surface area contributed by atoms with E-state index in [1.807, 2.05) is 20.8 Å². The van der Waals surface area contributed by atoms with E-state index in [0.29, 0.717) is 19.0 Å². The quantitative estimate of drug-likeness (QED) is 0.267. The third-order valence-corrected chi connectivity index (χ3v) is 6.52. The molecule has 0 saturated heterocycles. The van der Waals surface area contributed by atoms with Gasteiger partial charge in [0.2, 0.25) is 0 Å². The molecule has 1 rings (SSSR count). The van der Waals surface area contributed by atoms with Crippen molar-refractivity contribution in [3.05, 3.63) is 17.5 Å². The van der Waals surface area contributed by atoms with Gasteiger partial charge in [-0.1, -0.05) is 6.07 Å². The number of rotatable bonds is 9. The van der Waals surface area contributed by atoms with Crippen molar-refractivity contribution in [2.75, 3.05) is 32.5 Å². The molecule has 3 N–H and O–H groups in total. The molecule has 7 nitrogen and oxygen atoms in total. The van der Waals surface area contributed by atoms with Crippen molar-refractivity contribution < 1.29 is 18.3 Å². The summed E-state index contributed by atoms with van der Waals surface area (Å²) in [7, 11) is -1.85. The van der Waals surface area contributed by atoms with E-state index >= 15 is 0 Å². The summed E-state index contributed by atoms with van der Waals surface area (Å²) in [6.45, 7) is 6.94. The van der Waals surface area contributed by atoms with Gasteiger partial charge in [0.05, 0.1) is 24.0 Å². The van der Waals surface area contributed by atoms with E-state index in [0.717, 1.165) is 11.3 Å². The van der Waals surface area contributed by atoms with E-state index in [1.165, 1.54) is 0 Å². The first-order chi connectivity index (χ1) is 11.2. The number of thiophene rings is 1. The first-order valence-electron chi connectivity index (χ1n) is 7.72. The first kappa shape index (κ1) is 24.6. The zero-order chi connectivity index (χ0) is 18.2. The molecule has 1 heterocycles. The molecule has 0 amide bonds. The van der Waals surface area contributed by atoms with Crippen LogP contribution in [-0.4, -0.2) is 63.7 Å². The second kappa shape index (κ2) is 11.3. The number of hydrogen-bond acceptors (Lipinski definition) is 6. The number of halogens is 1. The maximum Gasteiger partial charge on any atom is 0.191 e. The van der Waals surface area contributed by atoms with Crippen LogP contribution in [-0.2, 0) is 14.6 Å². The van der Waals surface area contributed by atoms with Crippen LogP contribution in [0.1, 0.15) is 20.8 Å². The maximum absolute atomic E-state index is 12.1. The van der Waals surface area contributed by atoms with Crippen LogP contribution < -0.4 is 10.6 Å². The molecule has 0 radical (unpaired) electrons. The first-order valence-corrected chi connectivity index (χ1v) is 10.2. The monoisotopic (exact) mass is 505 g/mol. The van der Waals surface area contributed by atoms with Crippen molar-refractivity contribution in [1.29, 1.82) is 0 Å². The number of sulfone groups is 1. The number of hydrogen-bond donors (Lipinski definition) is 3. The van der Waals surface area contributed by atoms with Crippen LogP contribution in [0, 0.1) is 0 Å². The van der Waals surface area contributed by atoms with Crippen molar-refractivity contribution in [1.82, 2.24) is 10.6 Å². The van der Waals surface area contributed by atoms with E-state index in [4.69, 9.17) is 4.74 Å². The molecule has 1 aromatic heterocycles. The van der Waals surface area contributed by atoms with Crippen molar-refractivity contribution >= 4 is 51.1 Å². The summed E-state index contributed by atoms with van der Waals surface area (Å²) >= 11 is 1.15. The zero-order valence-corrected chi connectivity index (χ0v) is 18.9. The highest BCUT2D eigenvalue weighted by Crippen LogP contribution is 2.18. The summed E-state index contributed by atoms with van der Waals surface area (Å²) in [6, 6.07) is 3.22. The molecule has 0 aliphatic rings. The van der Waals surface area contributed by atoms with Gasteiger partial charge in [0.1, 0.15) is 4.21 Å². The summed E-state index contributed by atoms with van der Waals surface area (Å²) in [5, 5.41) is 17.7. The number of aliphatic imine (C=N–C) groups is 1. The zero-order valence-electron chi connectivity index (χ0n) is 15.0. The molecule has 146 valence electrons. The Bertz CT molecular complexity index is 619. The van der Waals surface area contributed by atoms with Gasteiger partial charge < -0.3 is 20.5 Å². The second-order valence-corrected chi connectivity index (χ2v) is 9.12. The molecule has 1 unspecified atom stereocenters. The fourth-order valence-corrected chi connectivity index (χ4v) is 4.21. The van der Waals surface area contributed by atoms with Crippen LogP contribution in [0.15, 0.2) is 26.7 Å². The Morgan fingerprint density at radius 3 is 2.64 bits per heavy atom. The molecule has 10 heteroatoms. The van der Waals surface area contributed by atoms with Gasteiger partial charge in [0.15, 0.2) is 15.8 Å². The lowest BCUT2D eigenvalue weighted by atomic mass is 10.1.